The predicted octanol–water partition coefficient (Wildman–Crippen LogP) is 15.9. The number of methoxy groups -OCH3 is 3. The van der Waals surface area contributed by atoms with Crippen LogP contribution in [-0.2, 0) is 25.7 Å². The number of carbonyl (C=O) groups excluding carboxylic acids is 2. The van der Waals surface area contributed by atoms with Gasteiger partial charge in [0.25, 0.3) is 0 Å². The maximum atomic E-state index is 11.1. The van der Waals surface area contributed by atoms with Gasteiger partial charge in [-0.1, -0.05) is 206 Å². The fraction of sp³-hybridized carbons (Fsp3) is 0.656. The number of esters is 1. The van der Waals surface area contributed by atoms with Crippen molar-refractivity contribution < 1.29 is 93.2 Å². The molecule has 10 N–H and O–H groups in total. The second kappa shape index (κ2) is 67.9. The zero-order valence-corrected chi connectivity index (χ0v) is 81.7. The minimum Gasteiger partial charge on any atom is -1.00 e. The number of unbranched alkanes of at least 4 members (excludes halogenated alkanes) is 7. The first-order valence-electron chi connectivity index (χ1n) is 41.6. The van der Waals surface area contributed by atoms with Crippen LogP contribution in [0, 0.1) is 29.1 Å². The van der Waals surface area contributed by atoms with E-state index in [0.717, 1.165) is 125 Å². The number of aliphatic hydroxyl groups excluding tert-OH is 4. The second-order valence-electron chi connectivity index (χ2n) is 32.5. The molecule has 0 saturated heterocycles. The van der Waals surface area contributed by atoms with Gasteiger partial charge >= 0.3 is 49.7 Å². The Bertz CT molecular complexity index is 3910. The number of aldehydes is 1. The summed E-state index contributed by atoms with van der Waals surface area (Å²) in [5, 5.41) is 58.0. The largest absolute Gasteiger partial charge is 1.00 e. The number of nitrogens with one attached hydrogen (secondary N) is 3. The molecule has 0 aliphatic heterocycles. The summed E-state index contributed by atoms with van der Waals surface area (Å²) in [5.74, 6) is 2.05. The van der Waals surface area contributed by atoms with Crippen molar-refractivity contribution in [2.45, 2.75) is 329 Å². The van der Waals surface area contributed by atoms with E-state index in [4.69, 9.17) is 66.6 Å². The summed E-state index contributed by atoms with van der Waals surface area (Å²) < 4.78 is 21.6. The number of aliphatic carboxylic acids is 1. The van der Waals surface area contributed by atoms with Crippen molar-refractivity contribution in [3.05, 3.63) is 102 Å². The quantitative estimate of drug-likeness (QED) is 0.00332. The molecule has 0 bridgehead atoms. The van der Waals surface area contributed by atoms with Gasteiger partial charge in [-0.25, -0.2) is 19.9 Å². The molecule has 0 fully saturated rings. The normalized spacial score (nSPS) is 13.0. The number of carbonyl (C=O) groups is 3. The fourth-order valence-corrected chi connectivity index (χ4v) is 11.2. The van der Waals surface area contributed by atoms with Crippen LogP contribution >= 0.6 is 44.0 Å². The molecule has 6 aromatic heterocycles. The molecule has 0 spiro atoms. The van der Waals surface area contributed by atoms with Gasteiger partial charge in [0, 0.05) is 50.2 Å². The summed E-state index contributed by atoms with van der Waals surface area (Å²) in [6.45, 7) is 43.3. The number of carboxylic acids is 1. The zero-order valence-electron chi connectivity index (χ0n) is 79.3. The van der Waals surface area contributed by atoms with Gasteiger partial charge in [0.2, 0.25) is 16.5 Å². The van der Waals surface area contributed by atoms with Crippen LogP contribution in [0.5, 0.6) is 11.5 Å². The van der Waals surface area contributed by atoms with Gasteiger partial charge in [0.1, 0.15) is 39.9 Å². The Kier molecular flexibility index (Phi) is 71.0. The van der Waals surface area contributed by atoms with Crippen LogP contribution in [0.4, 0.5) is 17.6 Å². The molecule has 121 heavy (non-hydrogen) atoms. The number of carboxylic acid groups (broad SMARTS) is 1. The first-order valence-corrected chi connectivity index (χ1v) is 42.9. The maximum Gasteiger partial charge on any atom is 1.00 e. The summed E-state index contributed by atoms with van der Waals surface area (Å²) in [6, 6.07) is 16.6. The molecule has 4 radical (unpaired) electrons. The molecule has 24 nitrogen and oxygen atoms in total. The SMILES string of the molecule is C.CCCCC(C)(C)C(=O)OC.CCCCC(C)(C)C=O.CCCCC(C)(C)CO.CCCCC(C)(C)[C@H](C)O.CCCC[C@](C)(N)C(=O)O.CCCC[C@](C)(Nc1nc(Cl)nc2cccnc12)[C@H](C)O.CCCC[C@](C)(Nc1nc(NCc2ccc(OC)cc2OC)nc2cccnc12)[C@@H](C)O.Clc1nc(Cl)c2ncccc2n1.[2H]CP.[B-].[CH3-].[Li+].[Li+]. The van der Waals surface area contributed by atoms with Crippen LogP contribution in [0.3, 0.4) is 0 Å². The van der Waals surface area contributed by atoms with Crippen molar-refractivity contribution in [2.24, 2.45) is 27.4 Å². The van der Waals surface area contributed by atoms with Gasteiger partial charge in [0.05, 0.1) is 72.7 Å². The number of fused-ring (bicyclic) bond motifs is 3. The maximum absolute atomic E-state index is 11.1. The molecular weight excluding hydrogens is 1600 g/mol. The number of benzene rings is 1. The van der Waals surface area contributed by atoms with E-state index in [1.54, 1.807) is 71.8 Å². The number of halogens is 3. The summed E-state index contributed by atoms with van der Waals surface area (Å²) in [7, 11) is 6.94. The standard InChI is InChI=1S/C24H33N5O3.C15H21ClN4O.C9H18O2.C9H20O.C8H18O.C8H16O.C7H3Cl2N3.C7H15NO2.CH5P.CH4.CH3.B.2Li/c1-6-7-12-24(3,16(2)30)29-22-21-19(9-8-13-25-21)27-23(28-22)26-15-17-10-11-18(31-4)14-20(17)32-5;1-4-5-8-15(3,10(2)21)20-13-12-11(7-6-9-17-12)18-14(16)19-13;1-5-6-7-9(2,3)8(10)11-4;1-5-6-7-9(3,4)8(2)10;2*1-4-5-6-8(2,3)7-9;8-6-5-4(2-1-3-10-5)11-7(9)12-6;1-3-4-5-7(2,8)6(9)10;1-2;;;;;/h8-11,13-14,16,30H,6-7,12,15H2,1-5H3,(H2,26,27,28,29);6-7,9-10,21H,4-5,8H2,1-3H3,(H,18,19,20);5-7H2,1-4H3;8,10H,5-7H2,1-4H3;9H,4-7H2,1-3H3;7H,4-6H2,1-3H3;1-3H;3-5,8H2,1-2H3,(H,9,10);2H2,1H3;1H4;1H3;;;/q;;;;;;;;;;2*-1;2*+1/t16-,24+;10-,15-;;8-;;;;7-;;;;;;/m10.0...0....../s1/i;;;;;;;;1D;;;;;. The molecule has 7 rings (SSSR count). The first kappa shape index (κ1) is 126. The number of hydrogen-bond acceptors (Lipinski definition) is 23. The zero-order chi connectivity index (χ0) is 89.8. The van der Waals surface area contributed by atoms with Crippen molar-refractivity contribution in [3.8, 4) is 11.5 Å². The first-order chi connectivity index (χ1) is 54.8. The van der Waals surface area contributed by atoms with Gasteiger partial charge in [-0.05, 0) is 183 Å². The van der Waals surface area contributed by atoms with Crippen LogP contribution in [0.2, 0.25) is 15.7 Å². The third-order valence-electron chi connectivity index (χ3n) is 19.8. The molecule has 6 heterocycles. The molecule has 31 heteroatoms. The van der Waals surface area contributed by atoms with E-state index in [1.165, 1.54) is 39.2 Å². The number of aliphatic hydroxyl groups is 4. The molecule has 0 saturated carbocycles. The fourth-order valence-electron chi connectivity index (χ4n) is 10.5. The minimum atomic E-state index is -1.03. The second-order valence-corrected chi connectivity index (χ2v) is 33.6. The molecule has 0 amide bonds. The Morgan fingerprint density at radius 3 is 1.37 bits per heavy atom. The van der Waals surface area contributed by atoms with Gasteiger partial charge < -0.3 is 82.1 Å². The third-order valence-corrected chi connectivity index (χ3v) is 20.4. The Hall–Kier alpha value is -5.34. The van der Waals surface area contributed by atoms with Crippen molar-refractivity contribution in [2.75, 3.05) is 50.5 Å². The molecule has 678 valence electrons. The van der Waals surface area contributed by atoms with Crippen LogP contribution < -0.4 is 68.9 Å². The molecule has 1 unspecified atom stereocenters. The van der Waals surface area contributed by atoms with E-state index in [0.29, 0.717) is 71.4 Å². The summed E-state index contributed by atoms with van der Waals surface area (Å²) >= 11 is 17.3. The number of aromatic nitrogens is 9. The Morgan fingerprint density at radius 2 is 0.967 bits per heavy atom. The number of anilines is 3. The van der Waals surface area contributed by atoms with E-state index < -0.39 is 34.8 Å². The number of hydrogen-bond donors (Lipinski definition) is 9. The summed E-state index contributed by atoms with van der Waals surface area (Å²) in [4.78, 5) is 70.1. The monoisotopic (exact) mass is 1760 g/mol. The summed E-state index contributed by atoms with van der Waals surface area (Å²) in [5.41, 5.74) is 8.17. The summed E-state index contributed by atoms with van der Waals surface area (Å²) in [6.07, 6.45) is 26.6. The molecule has 0 aliphatic rings. The Labute approximate surface area is 774 Å². The number of ether oxygens (including phenoxy) is 3. The van der Waals surface area contributed by atoms with Crippen LogP contribution in [-0.4, -0.2) is 167 Å². The topological polar surface area (TPSA) is 358 Å². The van der Waals surface area contributed by atoms with Crippen molar-refractivity contribution in [3.63, 3.8) is 0 Å². The minimum absolute atomic E-state index is 0. The number of rotatable bonds is 37. The predicted molar refractivity (Wildman–Crippen MR) is 505 cm³/mol. The van der Waals surface area contributed by atoms with Crippen molar-refractivity contribution in [1.29, 1.82) is 0 Å². The number of nitrogens with zero attached hydrogens (tertiary/aromatic N) is 9. The Morgan fingerprint density at radius 1 is 0.570 bits per heavy atom. The van der Waals surface area contributed by atoms with Gasteiger partial charge in [-0.3, -0.25) is 24.5 Å². The smallest absolute Gasteiger partial charge is 1.00 e. The van der Waals surface area contributed by atoms with Gasteiger partial charge in [0.15, 0.2) is 16.8 Å². The number of nitrogens with two attached hydrogens (primary N) is 1. The van der Waals surface area contributed by atoms with Gasteiger partial charge in [-0.15, -0.1) is 9.24 Å². The molecule has 7 atom stereocenters. The van der Waals surface area contributed by atoms with Crippen LogP contribution in [0.15, 0.2) is 73.2 Å². The molecular formula is C90H156BCl3Li2N13O11P. The van der Waals surface area contributed by atoms with E-state index in [1.807, 2.05) is 91.8 Å². The molecule has 0 aliphatic carbocycles. The van der Waals surface area contributed by atoms with Gasteiger partial charge in [-0.2, -0.15) is 9.97 Å². The van der Waals surface area contributed by atoms with Crippen LogP contribution in [0.1, 0.15) is 295 Å². The number of pyridine rings is 3. The van der Waals surface area contributed by atoms with Crippen LogP contribution in [0.25, 0.3) is 33.1 Å². The van der Waals surface area contributed by atoms with E-state index in [-0.39, 0.29) is 110 Å². The van der Waals surface area contributed by atoms with Crippen molar-refractivity contribution in [1.82, 2.24) is 44.9 Å². The Balaban J connectivity index is -0.000000258. The van der Waals surface area contributed by atoms with E-state index in [9.17, 15) is 29.7 Å². The average molecular weight is 1760 g/mol. The van der Waals surface area contributed by atoms with E-state index >= 15 is 0 Å². The third kappa shape index (κ3) is 51.2. The average Bonchev–Trinajstić information content (AvgIpc) is 0.794. The van der Waals surface area contributed by atoms with Crippen molar-refractivity contribution >= 4 is 121 Å². The van der Waals surface area contributed by atoms with E-state index in [2.05, 4.69) is 139 Å². The molecule has 7 aromatic rings. The molecule has 1 aromatic carbocycles.